The number of rotatable bonds is 8. The minimum atomic E-state index is -4.60. The number of nitro groups is 1. The molecule has 0 saturated carbocycles. The number of alkyl halides is 3. The van der Waals surface area contributed by atoms with Crippen molar-refractivity contribution < 1.29 is 36.8 Å². The van der Waals surface area contributed by atoms with E-state index in [0.717, 1.165) is 18.2 Å². The van der Waals surface area contributed by atoms with Crippen molar-refractivity contribution in [2.75, 3.05) is 19.7 Å². The van der Waals surface area contributed by atoms with Crippen LogP contribution in [0.1, 0.15) is 20.9 Å². The summed E-state index contributed by atoms with van der Waals surface area (Å²) in [4.78, 5) is 34.0. The van der Waals surface area contributed by atoms with Gasteiger partial charge in [-0.25, -0.2) is 0 Å². The topological polar surface area (TPSA) is 124 Å². The van der Waals surface area contributed by atoms with Gasteiger partial charge in [0.05, 0.1) is 11.2 Å². The third-order valence-electron chi connectivity index (χ3n) is 3.25. The Kier molecular flexibility index (Phi) is 6.58. The first-order chi connectivity index (χ1) is 13.2. The van der Waals surface area contributed by atoms with Gasteiger partial charge in [-0.3, -0.25) is 19.7 Å². The number of carbonyl (C=O) groups excluding carboxylic acids is 2. The number of halogens is 3. The summed E-state index contributed by atoms with van der Waals surface area (Å²) >= 11 is 0. The van der Waals surface area contributed by atoms with Crippen molar-refractivity contribution in [2.45, 2.75) is 6.18 Å². The predicted molar refractivity (Wildman–Crippen MR) is 88.0 cm³/mol. The Bertz CT molecular complexity index is 852. The van der Waals surface area contributed by atoms with Gasteiger partial charge in [0.1, 0.15) is 11.3 Å². The quantitative estimate of drug-likeness (QED) is 0.397. The van der Waals surface area contributed by atoms with Gasteiger partial charge < -0.3 is 19.8 Å². The molecule has 150 valence electrons. The third-order valence-corrected chi connectivity index (χ3v) is 3.25. The first-order valence-corrected chi connectivity index (χ1v) is 7.75. The number of carbonyl (C=O) groups is 2. The molecule has 2 rings (SSSR count). The van der Waals surface area contributed by atoms with E-state index in [2.05, 4.69) is 15.4 Å². The second-order valence-corrected chi connectivity index (χ2v) is 5.33. The summed E-state index contributed by atoms with van der Waals surface area (Å²) in [5, 5.41) is 15.8. The van der Waals surface area contributed by atoms with Crippen molar-refractivity contribution in [2.24, 2.45) is 0 Å². The SMILES string of the molecule is O=C(NCCNC(=O)c1cc(OCC(F)(F)F)ccc1[N+](=O)[O-])c1ccco1. The van der Waals surface area contributed by atoms with E-state index in [1.54, 1.807) is 0 Å². The smallest absolute Gasteiger partial charge is 0.422 e. The zero-order valence-corrected chi connectivity index (χ0v) is 14.1. The summed E-state index contributed by atoms with van der Waals surface area (Å²) in [7, 11) is 0. The molecule has 0 unspecified atom stereocenters. The van der Waals surface area contributed by atoms with Gasteiger partial charge in [0.2, 0.25) is 0 Å². The predicted octanol–water partition coefficient (Wildman–Crippen LogP) is 2.29. The number of benzene rings is 1. The molecule has 0 saturated heterocycles. The van der Waals surface area contributed by atoms with Crippen molar-refractivity contribution in [3.8, 4) is 5.75 Å². The molecule has 1 heterocycles. The number of hydrogen-bond donors (Lipinski definition) is 2. The molecule has 0 aliphatic carbocycles. The molecule has 2 amide bonds. The van der Waals surface area contributed by atoms with Crippen LogP contribution in [0.2, 0.25) is 0 Å². The van der Waals surface area contributed by atoms with E-state index in [1.807, 2.05) is 0 Å². The molecule has 0 spiro atoms. The summed E-state index contributed by atoms with van der Waals surface area (Å²) in [6.45, 7) is -1.70. The van der Waals surface area contributed by atoms with Crippen LogP contribution in [-0.2, 0) is 0 Å². The van der Waals surface area contributed by atoms with Crippen LogP contribution in [0.5, 0.6) is 5.75 Å². The van der Waals surface area contributed by atoms with E-state index in [0.29, 0.717) is 0 Å². The molecular weight excluding hydrogens is 387 g/mol. The van der Waals surface area contributed by atoms with Gasteiger partial charge in [-0.2, -0.15) is 13.2 Å². The molecule has 2 N–H and O–H groups in total. The first-order valence-electron chi connectivity index (χ1n) is 7.75. The molecule has 1 aromatic carbocycles. The maximum Gasteiger partial charge on any atom is 0.422 e. The number of furan rings is 1. The molecule has 12 heteroatoms. The Labute approximate surface area is 155 Å². The number of nitrogens with zero attached hydrogens (tertiary/aromatic N) is 1. The highest BCUT2D eigenvalue weighted by Gasteiger charge is 2.29. The van der Waals surface area contributed by atoms with E-state index in [4.69, 9.17) is 4.42 Å². The standard InChI is InChI=1S/C16H14F3N3O6/c17-16(18,19)9-28-10-3-4-12(22(25)26)11(8-10)14(23)20-5-6-21-15(24)13-2-1-7-27-13/h1-4,7-8H,5-6,9H2,(H,20,23)(H,21,24). The van der Waals surface area contributed by atoms with Gasteiger partial charge in [-0.15, -0.1) is 0 Å². The minimum Gasteiger partial charge on any atom is -0.484 e. The lowest BCUT2D eigenvalue weighted by Gasteiger charge is -2.11. The second kappa shape index (κ2) is 8.88. The van der Waals surface area contributed by atoms with Crippen LogP contribution < -0.4 is 15.4 Å². The average molecular weight is 401 g/mol. The van der Waals surface area contributed by atoms with Gasteiger partial charge in [-0.05, 0) is 24.3 Å². The summed E-state index contributed by atoms with van der Waals surface area (Å²) in [5.41, 5.74) is -1.07. The number of hydrogen-bond acceptors (Lipinski definition) is 6. The Hall–Kier alpha value is -3.57. The van der Waals surface area contributed by atoms with Crippen molar-refractivity contribution in [3.05, 3.63) is 58.0 Å². The van der Waals surface area contributed by atoms with Crippen LogP contribution >= 0.6 is 0 Å². The molecular formula is C16H14F3N3O6. The maximum absolute atomic E-state index is 12.2. The summed E-state index contributed by atoms with van der Waals surface area (Å²) < 4.78 is 46.1. The zero-order chi connectivity index (χ0) is 20.7. The van der Waals surface area contributed by atoms with Crippen molar-refractivity contribution in [1.82, 2.24) is 10.6 Å². The van der Waals surface area contributed by atoms with Gasteiger partial charge in [0, 0.05) is 19.2 Å². The molecule has 28 heavy (non-hydrogen) atoms. The van der Waals surface area contributed by atoms with Crippen LogP contribution in [0.25, 0.3) is 0 Å². The van der Waals surface area contributed by atoms with E-state index in [1.165, 1.54) is 18.4 Å². The van der Waals surface area contributed by atoms with E-state index >= 15 is 0 Å². The molecule has 0 atom stereocenters. The fourth-order valence-electron chi connectivity index (χ4n) is 2.05. The monoisotopic (exact) mass is 401 g/mol. The van der Waals surface area contributed by atoms with E-state index in [-0.39, 0.29) is 24.6 Å². The number of nitrogens with one attached hydrogen (secondary N) is 2. The fourth-order valence-corrected chi connectivity index (χ4v) is 2.05. The molecule has 1 aromatic heterocycles. The lowest BCUT2D eigenvalue weighted by atomic mass is 10.1. The highest BCUT2D eigenvalue weighted by Crippen LogP contribution is 2.25. The largest absolute Gasteiger partial charge is 0.484 e. The summed E-state index contributed by atoms with van der Waals surface area (Å²) in [6.07, 6.45) is -3.29. The highest BCUT2D eigenvalue weighted by molar-refractivity contribution is 5.98. The third kappa shape index (κ3) is 6.00. The highest BCUT2D eigenvalue weighted by atomic mass is 19.4. The molecule has 9 nitrogen and oxygen atoms in total. The molecule has 0 radical (unpaired) electrons. The summed E-state index contributed by atoms with van der Waals surface area (Å²) in [6, 6.07) is 5.64. The molecule has 0 bridgehead atoms. The molecule has 2 aromatic rings. The van der Waals surface area contributed by atoms with Crippen LogP contribution in [-0.4, -0.2) is 42.6 Å². The van der Waals surface area contributed by atoms with E-state index in [9.17, 15) is 32.9 Å². The van der Waals surface area contributed by atoms with Crippen LogP contribution in [0.3, 0.4) is 0 Å². The molecule has 0 fully saturated rings. The molecule has 0 aliphatic rings. The van der Waals surface area contributed by atoms with Crippen molar-refractivity contribution in [1.29, 1.82) is 0 Å². The second-order valence-electron chi connectivity index (χ2n) is 5.33. The molecule has 0 aliphatic heterocycles. The Morgan fingerprint density at radius 3 is 2.39 bits per heavy atom. The minimum absolute atomic E-state index is 0.0106. The summed E-state index contributed by atoms with van der Waals surface area (Å²) in [5.74, 6) is -1.71. The zero-order valence-electron chi connectivity index (χ0n) is 14.1. The lowest BCUT2D eigenvalue weighted by molar-refractivity contribution is -0.385. The van der Waals surface area contributed by atoms with Gasteiger partial charge in [0.25, 0.3) is 17.5 Å². The first kappa shape index (κ1) is 20.7. The fraction of sp³-hybridized carbons (Fsp3) is 0.250. The van der Waals surface area contributed by atoms with Gasteiger partial charge in [-0.1, -0.05) is 0 Å². The van der Waals surface area contributed by atoms with Crippen LogP contribution in [0, 0.1) is 10.1 Å². The van der Waals surface area contributed by atoms with Crippen molar-refractivity contribution in [3.63, 3.8) is 0 Å². The maximum atomic E-state index is 12.2. The lowest BCUT2D eigenvalue weighted by Crippen LogP contribution is -2.34. The Balaban J connectivity index is 1.97. The number of nitro benzene ring substituents is 1. The van der Waals surface area contributed by atoms with Crippen LogP contribution in [0.15, 0.2) is 41.0 Å². The van der Waals surface area contributed by atoms with Gasteiger partial charge in [0.15, 0.2) is 12.4 Å². The normalized spacial score (nSPS) is 11.0. The number of ether oxygens (including phenoxy) is 1. The van der Waals surface area contributed by atoms with Crippen LogP contribution in [0.4, 0.5) is 18.9 Å². The van der Waals surface area contributed by atoms with E-state index < -0.39 is 40.8 Å². The Morgan fingerprint density at radius 1 is 1.14 bits per heavy atom. The number of amides is 2. The Morgan fingerprint density at radius 2 is 1.82 bits per heavy atom. The van der Waals surface area contributed by atoms with Crippen molar-refractivity contribution >= 4 is 17.5 Å². The van der Waals surface area contributed by atoms with Gasteiger partial charge >= 0.3 is 6.18 Å². The average Bonchev–Trinajstić information content (AvgIpc) is 3.17.